The summed E-state index contributed by atoms with van der Waals surface area (Å²) in [5.41, 5.74) is -0.836. The van der Waals surface area contributed by atoms with E-state index in [2.05, 4.69) is 10.1 Å². The summed E-state index contributed by atoms with van der Waals surface area (Å²) in [6, 6.07) is 3.71. The predicted octanol–water partition coefficient (Wildman–Crippen LogP) is 1.55. The molecule has 10 heteroatoms. The van der Waals surface area contributed by atoms with Crippen molar-refractivity contribution in [3.05, 3.63) is 35.4 Å². The van der Waals surface area contributed by atoms with Gasteiger partial charge in [-0.25, -0.2) is 0 Å². The largest absolute Gasteiger partial charge is 0.468 e. The lowest BCUT2D eigenvalue weighted by Crippen LogP contribution is -2.48. The number of hydrogen-bond acceptors (Lipinski definition) is 5. The molecule has 142 valence electrons. The number of carbonyl (C=O) groups is 3. The molecule has 0 saturated carbocycles. The van der Waals surface area contributed by atoms with Crippen molar-refractivity contribution in [2.24, 2.45) is 0 Å². The molecule has 1 heterocycles. The van der Waals surface area contributed by atoms with Gasteiger partial charge in [0.1, 0.15) is 5.25 Å². The number of ether oxygens (including phenoxy) is 1. The Labute approximate surface area is 152 Å². The van der Waals surface area contributed by atoms with E-state index in [0.717, 1.165) is 24.3 Å². The average Bonchev–Trinajstić information content (AvgIpc) is 2.64. The summed E-state index contributed by atoms with van der Waals surface area (Å²) in [5.74, 6) is -0.873. The van der Waals surface area contributed by atoms with Crippen LogP contribution in [0.4, 0.5) is 13.2 Å². The normalized spacial score (nSPS) is 17.5. The van der Waals surface area contributed by atoms with Crippen LogP contribution in [-0.2, 0) is 20.5 Å². The Morgan fingerprint density at radius 2 is 1.92 bits per heavy atom. The van der Waals surface area contributed by atoms with Gasteiger partial charge in [0.15, 0.2) is 0 Å². The number of amides is 2. The van der Waals surface area contributed by atoms with E-state index in [1.54, 1.807) is 0 Å². The van der Waals surface area contributed by atoms with Crippen molar-refractivity contribution in [1.29, 1.82) is 0 Å². The Morgan fingerprint density at radius 1 is 1.27 bits per heavy atom. The van der Waals surface area contributed by atoms with Crippen molar-refractivity contribution in [2.45, 2.75) is 11.4 Å². The Morgan fingerprint density at radius 3 is 2.50 bits per heavy atom. The second-order valence-electron chi connectivity index (χ2n) is 5.48. The fourth-order valence-electron chi connectivity index (χ4n) is 2.33. The molecule has 0 aliphatic carbocycles. The van der Waals surface area contributed by atoms with E-state index in [0.29, 0.717) is 12.3 Å². The summed E-state index contributed by atoms with van der Waals surface area (Å²) in [7, 11) is 1.27. The lowest BCUT2D eigenvalue weighted by molar-refractivity contribution is -0.141. The maximum atomic E-state index is 12.5. The zero-order valence-electron chi connectivity index (χ0n) is 13.8. The van der Waals surface area contributed by atoms with Crippen LogP contribution in [0.15, 0.2) is 24.3 Å². The first-order chi connectivity index (χ1) is 12.2. The number of alkyl halides is 3. The molecule has 2 rings (SSSR count). The van der Waals surface area contributed by atoms with Crippen molar-refractivity contribution in [3.63, 3.8) is 0 Å². The maximum absolute atomic E-state index is 12.5. The van der Waals surface area contributed by atoms with Crippen LogP contribution in [0.3, 0.4) is 0 Å². The van der Waals surface area contributed by atoms with E-state index in [4.69, 9.17) is 0 Å². The number of benzene rings is 1. The smallest absolute Gasteiger partial charge is 0.416 e. The number of thioether (sulfide) groups is 1. The van der Waals surface area contributed by atoms with Crippen LogP contribution < -0.4 is 5.32 Å². The summed E-state index contributed by atoms with van der Waals surface area (Å²) in [6.07, 6.45) is -4.48. The van der Waals surface area contributed by atoms with E-state index in [1.165, 1.54) is 23.8 Å². The first-order valence-corrected chi connectivity index (χ1v) is 8.70. The third-order valence-electron chi connectivity index (χ3n) is 3.76. The second kappa shape index (κ2) is 8.43. The van der Waals surface area contributed by atoms with Gasteiger partial charge in [-0.1, -0.05) is 0 Å². The highest BCUT2D eigenvalue weighted by Gasteiger charge is 2.31. The molecule has 2 amide bonds. The fraction of sp³-hybridized carbons (Fsp3) is 0.438. The molecule has 0 aromatic heterocycles. The van der Waals surface area contributed by atoms with Gasteiger partial charge in [0, 0.05) is 24.4 Å². The van der Waals surface area contributed by atoms with Gasteiger partial charge in [-0.3, -0.25) is 14.4 Å². The third-order valence-corrected chi connectivity index (χ3v) is 4.92. The molecule has 1 aliphatic heterocycles. The van der Waals surface area contributed by atoms with Crippen LogP contribution in [0.2, 0.25) is 0 Å². The molecule has 0 bridgehead atoms. The number of methoxy groups -OCH3 is 1. The molecule has 0 spiro atoms. The molecule has 1 atom stereocenters. The van der Waals surface area contributed by atoms with Gasteiger partial charge in [0.05, 0.1) is 19.2 Å². The molecule has 0 radical (unpaired) electrons. The number of rotatable bonds is 4. The minimum atomic E-state index is -4.48. The number of esters is 1. The first-order valence-electron chi connectivity index (χ1n) is 7.65. The fourth-order valence-corrected chi connectivity index (χ4v) is 3.46. The summed E-state index contributed by atoms with van der Waals surface area (Å²) in [4.78, 5) is 37.2. The quantitative estimate of drug-likeness (QED) is 0.790. The zero-order valence-corrected chi connectivity index (χ0v) is 14.7. The Hall–Kier alpha value is -2.23. The number of carbonyl (C=O) groups excluding carboxylic acids is 3. The number of nitrogens with zero attached hydrogens (tertiary/aromatic N) is 1. The van der Waals surface area contributed by atoms with Crippen LogP contribution in [-0.4, -0.2) is 60.4 Å². The number of nitrogens with one attached hydrogen (secondary N) is 1. The molecule has 1 aromatic carbocycles. The second-order valence-corrected chi connectivity index (χ2v) is 6.79. The monoisotopic (exact) mass is 390 g/mol. The van der Waals surface area contributed by atoms with Crippen LogP contribution >= 0.6 is 11.8 Å². The van der Waals surface area contributed by atoms with Crippen LogP contribution in [0.1, 0.15) is 15.9 Å². The first kappa shape index (κ1) is 20.1. The molecule has 1 saturated heterocycles. The third kappa shape index (κ3) is 5.13. The van der Waals surface area contributed by atoms with Gasteiger partial charge in [0.2, 0.25) is 5.91 Å². The summed E-state index contributed by atoms with van der Waals surface area (Å²) in [5, 5.41) is 1.91. The van der Waals surface area contributed by atoms with Crippen LogP contribution in [0.5, 0.6) is 0 Å². The summed E-state index contributed by atoms with van der Waals surface area (Å²) >= 11 is 1.39. The molecule has 1 N–H and O–H groups in total. The molecule has 6 nitrogen and oxygen atoms in total. The van der Waals surface area contributed by atoms with Crippen molar-refractivity contribution < 1.29 is 32.3 Å². The van der Waals surface area contributed by atoms with Crippen molar-refractivity contribution in [3.8, 4) is 0 Å². The van der Waals surface area contributed by atoms with Crippen molar-refractivity contribution >= 4 is 29.5 Å². The van der Waals surface area contributed by atoms with E-state index in [9.17, 15) is 27.6 Å². The number of halogens is 3. The van der Waals surface area contributed by atoms with Crippen molar-refractivity contribution in [2.75, 3.05) is 32.5 Å². The Kier molecular flexibility index (Phi) is 6.52. The number of hydrogen-bond donors (Lipinski definition) is 1. The van der Waals surface area contributed by atoms with Gasteiger partial charge in [-0.05, 0) is 24.3 Å². The van der Waals surface area contributed by atoms with Crippen LogP contribution in [0.25, 0.3) is 0 Å². The minimum Gasteiger partial charge on any atom is -0.468 e. The highest BCUT2D eigenvalue weighted by atomic mass is 32.2. The van der Waals surface area contributed by atoms with Gasteiger partial charge in [-0.15, -0.1) is 11.8 Å². The van der Waals surface area contributed by atoms with Gasteiger partial charge >= 0.3 is 12.1 Å². The molecular formula is C16H17F3N2O4S. The zero-order chi connectivity index (χ0) is 19.3. The van der Waals surface area contributed by atoms with Gasteiger partial charge in [0.25, 0.3) is 5.91 Å². The lowest BCUT2D eigenvalue weighted by Gasteiger charge is -2.31. The summed E-state index contributed by atoms with van der Waals surface area (Å²) in [6.45, 7) is 0.317. The van der Waals surface area contributed by atoms with Gasteiger partial charge < -0.3 is 15.0 Å². The van der Waals surface area contributed by atoms with Gasteiger partial charge in [-0.2, -0.15) is 13.2 Å². The highest BCUT2D eigenvalue weighted by Crippen LogP contribution is 2.29. The minimum absolute atomic E-state index is 0.0208. The lowest BCUT2D eigenvalue weighted by atomic mass is 10.1. The van der Waals surface area contributed by atoms with Crippen LogP contribution in [0, 0.1) is 0 Å². The van der Waals surface area contributed by atoms with Crippen molar-refractivity contribution in [1.82, 2.24) is 10.2 Å². The van der Waals surface area contributed by atoms with E-state index in [-0.39, 0.29) is 24.6 Å². The van der Waals surface area contributed by atoms with E-state index < -0.39 is 28.9 Å². The maximum Gasteiger partial charge on any atom is 0.416 e. The topological polar surface area (TPSA) is 75.7 Å². The Balaban J connectivity index is 1.88. The molecule has 26 heavy (non-hydrogen) atoms. The molecule has 0 unspecified atom stereocenters. The molecular weight excluding hydrogens is 373 g/mol. The summed E-state index contributed by atoms with van der Waals surface area (Å²) < 4.78 is 42.2. The molecule has 1 aliphatic rings. The highest BCUT2D eigenvalue weighted by molar-refractivity contribution is 8.00. The van der Waals surface area contributed by atoms with E-state index >= 15 is 0 Å². The predicted molar refractivity (Wildman–Crippen MR) is 88.6 cm³/mol. The SMILES string of the molecule is COC(=O)[C@H]1CN(C(=O)CNC(=O)c2ccc(C(F)(F)F)cc2)CCS1. The standard InChI is InChI=1S/C16H17F3N2O4S/c1-25-15(24)12-9-21(6-7-26-12)13(22)8-20-14(23)10-2-4-11(5-3-10)16(17,18)19/h2-5,12H,6-9H2,1H3,(H,20,23)/t12-/m1/s1. The Bertz CT molecular complexity index is 679. The average molecular weight is 390 g/mol. The molecule has 1 aromatic rings. The van der Waals surface area contributed by atoms with E-state index in [1.807, 2.05) is 0 Å². The molecule has 1 fully saturated rings.